The molecule has 0 saturated carbocycles. The van der Waals surface area contributed by atoms with Crippen molar-refractivity contribution in [3.63, 3.8) is 0 Å². The summed E-state index contributed by atoms with van der Waals surface area (Å²) in [6, 6.07) is 8.93. The van der Waals surface area contributed by atoms with E-state index in [1.54, 1.807) is 24.3 Å². The molecule has 0 bridgehead atoms. The number of ether oxygens (including phenoxy) is 3. The van der Waals surface area contributed by atoms with Gasteiger partial charge in [-0.15, -0.1) is 0 Å². The van der Waals surface area contributed by atoms with E-state index in [9.17, 15) is 13.2 Å². The Balaban J connectivity index is 1.23. The Kier molecular flexibility index (Phi) is 5.82. The highest BCUT2D eigenvalue weighted by Crippen LogP contribution is 2.35. The van der Waals surface area contributed by atoms with Crippen LogP contribution < -0.4 is 10.1 Å². The zero-order valence-corrected chi connectivity index (χ0v) is 19.0. The Bertz CT molecular complexity index is 1360. The van der Waals surface area contributed by atoms with Gasteiger partial charge in [0.05, 0.1) is 11.1 Å². The van der Waals surface area contributed by atoms with Crippen molar-refractivity contribution in [1.29, 1.82) is 0 Å². The highest BCUT2D eigenvalue weighted by atomic mass is 79.9. The standard InChI is InChI=1S/C24H17BrF3N3O3/c25-18-10-15(24(26,27)28)11-19-22(18)31-23(30-19)29-16-6-8-17(9-7-16)34-21-13-32-20(12-33-21)14-4-2-1-3-5-14/h1-2,4,6-13H,3,5H2,(H2,29,30,31). The molecule has 5 rings (SSSR count). The van der Waals surface area contributed by atoms with Gasteiger partial charge in [-0.25, -0.2) is 4.98 Å². The molecule has 0 atom stereocenters. The summed E-state index contributed by atoms with van der Waals surface area (Å²) in [5.74, 6) is 1.66. The largest absolute Gasteiger partial charge is 0.454 e. The molecule has 0 radical (unpaired) electrons. The zero-order valence-electron chi connectivity index (χ0n) is 17.4. The predicted molar refractivity (Wildman–Crippen MR) is 124 cm³/mol. The van der Waals surface area contributed by atoms with Crippen molar-refractivity contribution in [2.45, 2.75) is 19.0 Å². The first-order valence-electron chi connectivity index (χ1n) is 10.3. The fourth-order valence-corrected chi connectivity index (χ4v) is 3.99. The minimum atomic E-state index is -4.45. The van der Waals surface area contributed by atoms with Crippen LogP contribution in [0.25, 0.3) is 11.0 Å². The van der Waals surface area contributed by atoms with Gasteiger partial charge in [-0.3, -0.25) is 0 Å². The Labute approximate surface area is 200 Å². The van der Waals surface area contributed by atoms with Crippen molar-refractivity contribution in [2.24, 2.45) is 0 Å². The van der Waals surface area contributed by atoms with Crippen LogP contribution in [0.3, 0.4) is 0 Å². The van der Waals surface area contributed by atoms with Crippen LogP contribution in [-0.2, 0) is 15.7 Å². The number of alkyl halides is 3. The van der Waals surface area contributed by atoms with Gasteiger partial charge in [0.25, 0.3) is 0 Å². The molecule has 2 aliphatic rings. The lowest BCUT2D eigenvalue weighted by atomic mass is 10.0. The molecule has 3 aromatic rings. The second-order valence-electron chi connectivity index (χ2n) is 7.50. The van der Waals surface area contributed by atoms with Crippen LogP contribution in [0.1, 0.15) is 18.4 Å². The van der Waals surface area contributed by atoms with Gasteiger partial charge >= 0.3 is 12.1 Å². The van der Waals surface area contributed by atoms with E-state index in [0.29, 0.717) is 28.7 Å². The molecule has 174 valence electrons. The number of aromatic amines is 1. The minimum Gasteiger partial charge on any atom is -0.454 e. The number of H-pyrrole nitrogens is 1. The predicted octanol–water partition coefficient (Wildman–Crippen LogP) is 7.43. The summed E-state index contributed by atoms with van der Waals surface area (Å²) in [6.45, 7) is 0. The third-order valence-electron chi connectivity index (χ3n) is 5.10. The number of fused-ring (bicyclic) bond motifs is 1. The van der Waals surface area contributed by atoms with Gasteiger partial charge in [-0.1, -0.05) is 18.2 Å². The van der Waals surface area contributed by atoms with Crippen molar-refractivity contribution in [3.8, 4) is 5.75 Å². The fourth-order valence-electron chi connectivity index (χ4n) is 3.44. The first-order valence-corrected chi connectivity index (χ1v) is 11.1. The van der Waals surface area contributed by atoms with E-state index in [4.69, 9.17) is 14.2 Å². The molecule has 34 heavy (non-hydrogen) atoms. The van der Waals surface area contributed by atoms with E-state index in [2.05, 4.69) is 37.3 Å². The number of allylic oxidation sites excluding steroid dienone is 4. The van der Waals surface area contributed by atoms with Crippen LogP contribution in [0.5, 0.6) is 5.75 Å². The van der Waals surface area contributed by atoms with Gasteiger partial charge in [0.2, 0.25) is 5.95 Å². The minimum absolute atomic E-state index is 0.194. The molecule has 2 aromatic carbocycles. The highest BCUT2D eigenvalue weighted by Gasteiger charge is 2.31. The van der Waals surface area contributed by atoms with E-state index in [0.717, 1.165) is 30.5 Å². The molecule has 2 heterocycles. The van der Waals surface area contributed by atoms with Crippen molar-refractivity contribution < 1.29 is 27.4 Å². The first kappa shape index (κ1) is 22.1. The van der Waals surface area contributed by atoms with Crippen LogP contribution in [0.2, 0.25) is 0 Å². The molecular weight excluding hydrogens is 515 g/mol. The maximum atomic E-state index is 13.0. The van der Waals surface area contributed by atoms with Gasteiger partial charge < -0.3 is 24.5 Å². The Hall–Kier alpha value is -3.66. The quantitative estimate of drug-likeness (QED) is 0.358. The summed E-state index contributed by atoms with van der Waals surface area (Å²) >= 11 is 3.16. The lowest BCUT2D eigenvalue weighted by Crippen LogP contribution is -2.06. The zero-order chi connectivity index (χ0) is 23.7. The summed E-state index contributed by atoms with van der Waals surface area (Å²) in [7, 11) is 0. The average Bonchev–Trinajstić information content (AvgIpc) is 3.24. The van der Waals surface area contributed by atoms with Gasteiger partial charge in [0, 0.05) is 10.2 Å². The van der Waals surface area contributed by atoms with E-state index in [1.165, 1.54) is 12.5 Å². The third-order valence-corrected chi connectivity index (χ3v) is 5.70. The first-order chi connectivity index (χ1) is 16.3. The van der Waals surface area contributed by atoms with E-state index >= 15 is 0 Å². The molecule has 0 amide bonds. The molecule has 1 aliphatic carbocycles. The number of nitrogens with one attached hydrogen (secondary N) is 2. The average molecular weight is 532 g/mol. The number of benzene rings is 2. The van der Waals surface area contributed by atoms with Gasteiger partial charge in [-0.2, -0.15) is 13.2 Å². The lowest BCUT2D eigenvalue weighted by Gasteiger charge is -2.18. The number of halogens is 4. The van der Waals surface area contributed by atoms with Gasteiger partial charge in [0.15, 0.2) is 12.0 Å². The van der Waals surface area contributed by atoms with Crippen molar-refractivity contribution in [2.75, 3.05) is 5.32 Å². The molecule has 0 fully saturated rings. The van der Waals surface area contributed by atoms with E-state index in [-0.39, 0.29) is 15.9 Å². The van der Waals surface area contributed by atoms with E-state index in [1.807, 2.05) is 12.2 Å². The number of aromatic nitrogens is 2. The fraction of sp³-hybridized carbons (Fsp3) is 0.125. The van der Waals surface area contributed by atoms with Crippen LogP contribution >= 0.6 is 15.9 Å². The summed E-state index contributed by atoms with van der Waals surface area (Å²) in [5.41, 5.74) is 1.61. The number of hydrogen-bond acceptors (Lipinski definition) is 5. The van der Waals surface area contributed by atoms with Crippen molar-refractivity contribution >= 4 is 38.6 Å². The van der Waals surface area contributed by atoms with Crippen LogP contribution in [-0.4, -0.2) is 9.97 Å². The topological polar surface area (TPSA) is 68.4 Å². The van der Waals surface area contributed by atoms with Crippen molar-refractivity contribution in [1.82, 2.24) is 9.97 Å². The van der Waals surface area contributed by atoms with E-state index < -0.39 is 11.7 Å². The SMILES string of the molecule is FC(F)(F)c1cc(Br)c2nc(Nc3ccc(OC4=COC(C5=CC=CCC5)=CO4)cc3)[nH]c2c1. The summed E-state index contributed by atoms with van der Waals surface area (Å²) in [4.78, 5) is 7.18. The van der Waals surface area contributed by atoms with Gasteiger partial charge in [-0.05, 0) is 70.7 Å². The second-order valence-corrected chi connectivity index (χ2v) is 8.36. The summed E-state index contributed by atoms with van der Waals surface area (Å²) < 4.78 is 56.2. The third kappa shape index (κ3) is 4.81. The molecular formula is C24H17BrF3N3O3. The highest BCUT2D eigenvalue weighted by molar-refractivity contribution is 9.10. The number of rotatable bonds is 5. The maximum absolute atomic E-state index is 13.0. The van der Waals surface area contributed by atoms with Crippen LogP contribution in [0.4, 0.5) is 24.8 Å². The number of hydrogen-bond donors (Lipinski definition) is 2. The lowest BCUT2D eigenvalue weighted by molar-refractivity contribution is -0.137. The van der Waals surface area contributed by atoms with Crippen molar-refractivity contribution in [3.05, 3.63) is 94.5 Å². The van der Waals surface area contributed by atoms with Crippen LogP contribution in [0, 0.1) is 0 Å². The maximum Gasteiger partial charge on any atom is 0.416 e. The molecule has 0 unspecified atom stereocenters. The molecule has 0 spiro atoms. The number of nitrogens with zero attached hydrogens (tertiary/aromatic N) is 1. The van der Waals surface area contributed by atoms with Gasteiger partial charge in [0.1, 0.15) is 17.5 Å². The Morgan fingerprint density at radius 2 is 1.91 bits per heavy atom. The number of imidazole rings is 1. The molecule has 0 saturated heterocycles. The Morgan fingerprint density at radius 1 is 1.09 bits per heavy atom. The molecule has 1 aromatic heterocycles. The second kappa shape index (κ2) is 8.94. The van der Waals surface area contributed by atoms with Crippen LogP contribution in [0.15, 0.2) is 88.9 Å². The molecule has 2 N–H and O–H groups in total. The monoisotopic (exact) mass is 531 g/mol. The Morgan fingerprint density at radius 3 is 2.59 bits per heavy atom. The normalized spacial score (nSPS) is 15.7. The molecule has 6 nitrogen and oxygen atoms in total. The smallest absolute Gasteiger partial charge is 0.416 e. The number of anilines is 2. The summed E-state index contributed by atoms with van der Waals surface area (Å²) in [5, 5.41) is 3.04. The molecule has 1 aliphatic heterocycles. The molecule has 10 heteroatoms. The summed E-state index contributed by atoms with van der Waals surface area (Å²) in [6.07, 6.45) is 6.37.